The quantitative estimate of drug-likeness (QED) is 0.273. The second-order valence-corrected chi connectivity index (χ2v) is 10.7. The molecule has 1 atom stereocenters. The molecule has 0 spiro atoms. The summed E-state index contributed by atoms with van der Waals surface area (Å²) in [7, 11) is 2.12. The lowest BCUT2D eigenvalue weighted by atomic mass is 9.92. The highest BCUT2D eigenvalue weighted by Gasteiger charge is 2.30. The van der Waals surface area contributed by atoms with Crippen molar-refractivity contribution in [3.63, 3.8) is 0 Å². The van der Waals surface area contributed by atoms with Gasteiger partial charge in [0.25, 0.3) is 0 Å². The molecule has 0 radical (unpaired) electrons. The number of likely N-dealkylation sites (tertiary alicyclic amines) is 1. The minimum Gasteiger partial charge on any atom is -0.457 e. The maximum absolute atomic E-state index is 13.5. The molecule has 6 rings (SSSR count). The second kappa shape index (κ2) is 11.2. The number of hydrogen-bond donors (Lipinski definition) is 0. The Labute approximate surface area is 233 Å². The van der Waals surface area contributed by atoms with E-state index in [0.29, 0.717) is 30.6 Å². The zero-order valence-electron chi connectivity index (χ0n) is 22.8. The standard InChI is InChI=1S/C31H33FN6O2/c1-21-29-30(22-11-13-26(14-12-22)40-27-9-3-6-23(32)18-27)35-38(31(29)34-20-33-21)25-15-17-37(19-25)28(39)10-5-16-36(2)24-7-4-8-24/h3,5-6,9-14,18,20,24-25H,4,7-8,15-17,19H2,1-2H3/b10-5+/t25-/m1/s1. The fraction of sp³-hybridized carbons (Fsp3) is 0.355. The number of amides is 1. The summed E-state index contributed by atoms with van der Waals surface area (Å²) in [5.41, 5.74) is 3.29. The molecule has 2 aliphatic rings. The fourth-order valence-electron chi connectivity index (χ4n) is 5.46. The van der Waals surface area contributed by atoms with Crippen LogP contribution in [0.3, 0.4) is 0 Å². The van der Waals surface area contributed by atoms with Crippen molar-refractivity contribution >= 4 is 16.9 Å². The molecule has 2 aromatic heterocycles. The third-order valence-corrected chi connectivity index (χ3v) is 8.01. The van der Waals surface area contributed by atoms with Gasteiger partial charge >= 0.3 is 0 Å². The van der Waals surface area contributed by atoms with Gasteiger partial charge in [-0.05, 0) is 69.6 Å². The maximum Gasteiger partial charge on any atom is 0.246 e. The Morgan fingerprint density at radius 1 is 1.12 bits per heavy atom. The minimum absolute atomic E-state index is 0.0242. The van der Waals surface area contributed by atoms with Gasteiger partial charge in [0.2, 0.25) is 5.91 Å². The summed E-state index contributed by atoms with van der Waals surface area (Å²) in [6.07, 6.45) is 9.87. The molecule has 4 aromatic rings. The molecule has 0 N–H and O–H groups in total. The number of aromatic nitrogens is 4. The Morgan fingerprint density at radius 2 is 1.95 bits per heavy atom. The van der Waals surface area contributed by atoms with Gasteiger partial charge in [-0.15, -0.1) is 0 Å². The Hall–Kier alpha value is -4.11. The van der Waals surface area contributed by atoms with Crippen molar-refractivity contribution in [1.82, 2.24) is 29.5 Å². The fourth-order valence-corrected chi connectivity index (χ4v) is 5.46. The zero-order valence-corrected chi connectivity index (χ0v) is 22.8. The van der Waals surface area contributed by atoms with Crippen LogP contribution in [-0.4, -0.2) is 68.2 Å². The Morgan fingerprint density at radius 3 is 2.70 bits per heavy atom. The first-order valence-electron chi connectivity index (χ1n) is 13.9. The molecule has 1 saturated carbocycles. The number of carbonyl (C=O) groups is 1. The van der Waals surface area contributed by atoms with E-state index in [2.05, 4.69) is 21.9 Å². The number of ether oxygens (including phenoxy) is 1. The van der Waals surface area contributed by atoms with Gasteiger partial charge in [-0.2, -0.15) is 5.10 Å². The van der Waals surface area contributed by atoms with Gasteiger partial charge in [0.1, 0.15) is 29.3 Å². The average Bonchev–Trinajstić information content (AvgIpc) is 3.54. The topological polar surface area (TPSA) is 76.4 Å². The van der Waals surface area contributed by atoms with Crippen LogP contribution < -0.4 is 4.74 Å². The summed E-state index contributed by atoms with van der Waals surface area (Å²) in [5, 5.41) is 5.90. The Bertz CT molecular complexity index is 1550. The summed E-state index contributed by atoms with van der Waals surface area (Å²) in [6.45, 7) is 4.01. The monoisotopic (exact) mass is 540 g/mol. The van der Waals surface area contributed by atoms with Crippen LogP contribution in [0.2, 0.25) is 0 Å². The van der Waals surface area contributed by atoms with Gasteiger partial charge < -0.3 is 9.64 Å². The zero-order chi connectivity index (χ0) is 27.6. The SMILES string of the molecule is Cc1ncnc2c1c(-c1ccc(Oc3cccc(F)c3)cc1)nn2[C@@H]1CCN(C(=O)/C=C/CN(C)C2CCC2)C1. The van der Waals surface area contributed by atoms with E-state index in [1.54, 1.807) is 24.5 Å². The number of nitrogens with zero attached hydrogens (tertiary/aromatic N) is 6. The normalized spacial score (nSPS) is 17.7. The van der Waals surface area contributed by atoms with E-state index in [1.165, 1.54) is 31.4 Å². The molecule has 2 aromatic carbocycles. The Balaban J connectivity index is 1.19. The van der Waals surface area contributed by atoms with Crippen LogP contribution in [0.4, 0.5) is 4.39 Å². The molecule has 0 bridgehead atoms. The molecular weight excluding hydrogens is 507 g/mol. The lowest BCUT2D eigenvalue weighted by Crippen LogP contribution is -2.37. The van der Waals surface area contributed by atoms with Gasteiger partial charge in [-0.25, -0.2) is 19.0 Å². The molecule has 1 saturated heterocycles. The minimum atomic E-state index is -0.346. The van der Waals surface area contributed by atoms with E-state index in [9.17, 15) is 9.18 Å². The second-order valence-electron chi connectivity index (χ2n) is 10.7. The van der Waals surface area contributed by atoms with Crippen LogP contribution in [0.25, 0.3) is 22.3 Å². The van der Waals surface area contributed by atoms with E-state index in [0.717, 1.165) is 41.0 Å². The number of benzene rings is 2. The molecule has 206 valence electrons. The van der Waals surface area contributed by atoms with E-state index >= 15 is 0 Å². The molecule has 9 heteroatoms. The molecule has 1 amide bonds. The van der Waals surface area contributed by atoms with Crippen molar-refractivity contribution in [2.45, 2.75) is 44.7 Å². The van der Waals surface area contributed by atoms with Crippen LogP contribution in [0.5, 0.6) is 11.5 Å². The molecule has 40 heavy (non-hydrogen) atoms. The molecule has 1 aliphatic heterocycles. The number of fused-ring (bicyclic) bond motifs is 1. The average molecular weight is 541 g/mol. The summed E-state index contributed by atoms with van der Waals surface area (Å²) in [5.74, 6) is 0.734. The van der Waals surface area contributed by atoms with Crippen LogP contribution in [0.15, 0.2) is 67.0 Å². The van der Waals surface area contributed by atoms with E-state index in [4.69, 9.17) is 9.84 Å². The largest absolute Gasteiger partial charge is 0.457 e. The van der Waals surface area contributed by atoms with Crippen molar-refractivity contribution in [3.8, 4) is 22.8 Å². The number of likely N-dealkylation sites (N-methyl/N-ethyl adjacent to an activating group) is 1. The number of halogens is 1. The van der Waals surface area contributed by atoms with E-state index in [1.807, 2.05) is 46.8 Å². The van der Waals surface area contributed by atoms with Crippen LogP contribution >= 0.6 is 0 Å². The van der Waals surface area contributed by atoms with Crippen molar-refractivity contribution in [3.05, 3.63) is 78.5 Å². The molecular formula is C31H33FN6O2. The number of rotatable bonds is 8. The van der Waals surface area contributed by atoms with Gasteiger partial charge in [-0.3, -0.25) is 9.69 Å². The predicted octanol–water partition coefficient (Wildman–Crippen LogP) is 5.55. The predicted molar refractivity (Wildman–Crippen MR) is 152 cm³/mol. The first-order valence-corrected chi connectivity index (χ1v) is 13.9. The highest BCUT2D eigenvalue weighted by molar-refractivity contribution is 5.93. The first kappa shape index (κ1) is 26.1. The summed E-state index contributed by atoms with van der Waals surface area (Å²) in [4.78, 5) is 26.1. The Kier molecular flexibility index (Phi) is 7.30. The highest BCUT2D eigenvalue weighted by atomic mass is 19.1. The van der Waals surface area contributed by atoms with Gasteiger partial charge in [0, 0.05) is 43.4 Å². The molecule has 8 nitrogen and oxygen atoms in total. The van der Waals surface area contributed by atoms with Crippen molar-refractivity contribution in [2.75, 3.05) is 26.7 Å². The number of carbonyl (C=O) groups excluding carboxylic acids is 1. The molecule has 1 aliphatic carbocycles. The van der Waals surface area contributed by atoms with Crippen molar-refractivity contribution in [1.29, 1.82) is 0 Å². The van der Waals surface area contributed by atoms with Gasteiger partial charge in [-0.1, -0.05) is 18.6 Å². The van der Waals surface area contributed by atoms with Gasteiger partial charge in [0.15, 0.2) is 5.65 Å². The lowest BCUT2D eigenvalue weighted by molar-refractivity contribution is -0.125. The first-order chi connectivity index (χ1) is 19.5. The molecule has 0 unspecified atom stereocenters. The number of hydrogen-bond acceptors (Lipinski definition) is 6. The third-order valence-electron chi connectivity index (χ3n) is 8.01. The van der Waals surface area contributed by atoms with Crippen molar-refractivity contribution in [2.24, 2.45) is 0 Å². The van der Waals surface area contributed by atoms with Crippen LogP contribution in [-0.2, 0) is 4.79 Å². The summed E-state index contributed by atoms with van der Waals surface area (Å²) < 4.78 is 21.3. The molecule has 3 heterocycles. The number of aryl methyl sites for hydroxylation is 1. The van der Waals surface area contributed by atoms with Crippen LogP contribution in [0.1, 0.15) is 37.4 Å². The summed E-state index contributed by atoms with van der Waals surface area (Å²) in [6, 6.07) is 14.3. The van der Waals surface area contributed by atoms with E-state index in [-0.39, 0.29) is 17.8 Å². The highest BCUT2D eigenvalue weighted by Crippen LogP contribution is 2.34. The lowest BCUT2D eigenvalue weighted by Gasteiger charge is -2.33. The van der Waals surface area contributed by atoms with Gasteiger partial charge in [0.05, 0.1) is 17.1 Å². The van der Waals surface area contributed by atoms with E-state index < -0.39 is 0 Å². The maximum atomic E-state index is 13.5. The van der Waals surface area contributed by atoms with Crippen LogP contribution in [0, 0.1) is 12.7 Å². The molecule has 2 fully saturated rings. The summed E-state index contributed by atoms with van der Waals surface area (Å²) >= 11 is 0. The third kappa shape index (κ3) is 5.34. The smallest absolute Gasteiger partial charge is 0.246 e. The van der Waals surface area contributed by atoms with Crippen molar-refractivity contribution < 1.29 is 13.9 Å².